The number of aromatic nitrogens is 1. The van der Waals surface area contributed by atoms with Crippen LogP contribution in [0.3, 0.4) is 0 Å². The van der Waals surface area contributed by atoms with E-state index in [1.807, 2.05) is 32.0 Å². The second kappa shape index (κ2) is 10.4. The van der Waals surface area contributed by atoms with E-state index in [1.54, 1.807) is 18.3 Å². The van der Waals surface area contributed by atoms with E-state index < -0.39 is 18.1 Å². The van der Waals surface area contributed by atoms with Crippen molar-refractivity contribution in [2.45, 2.75) is 45.3 Å². The van der Waals surface area contributed by atoms with Crippen LogP contribution >= 0.6 is 11.3 Å². The van der Waals surface area contributed by atoms with E-state index >= 15 is 0 Å². The number of benzene rings is 1. The molecule has 0 aliphatic rings. The van der Waals surface area contributed by atoms with Crippen molar-refractivity contribution in [3.8, 4) is 0 Å². The number of alkyl carbamates (subject to hydrolysis) is 1. The number of amides is 2. The molecule has 1 atom stereocenters. The molecule has 1 aromatic carbocycles. The molecule has 1 heterocycles. The van der Waals surface area contributed by atoms with Crippen LogP contribution in [0.1, 0.15) is 43.0 Å². The summed E-state index contributed by atoms with van der Waals surface area (Å²) in [4.78, 5) is 40.4. The van der Waals surface area contributed by atoms with Crippen LogP contribution < -0.4 is 10.6 Å². The van der Waals surface area contributed by atoms with Gasteiger partial charge in [-0.05, 0) is 17.9 Å². The summed E-state index contributed by atoms with van der Waals surface area (Å²) in [7, 11) is 0. The summed E-state index contributed by atoms with van der Waals surface area (Å²) in [6, 6.07) is 7.80. The summed E-state index contributed by atoms with van der Waals surface area (Å²) in [6.45, 7) is 4.08. The Morgan fingerprint density at radius 2 is 1.93 bits per heavy atom. The van der Waals surface area contributed by atoms with E-state index in [4.69, 9.17) is 4.74 Å². The first-order valence-electron chi connectivity index (χ1n) is 8.80. The Kier molecular flexibility index (Phi) is 7.94. The molecule has 2 aromatic rings. The van der Waals surface area contributed by atoms with Crippen LogP contribution in [0.25, 0.3) is 0 Å². The summed E-state index contributed by atoms with van der Waals surface area (Å²) in [6.07, 6.45) is 0.712. The number of nitrogens with zero attached hydrogens (tertiary/aromatic N) is 1. The van der Waals surface area contributed by atoms with Crippen LogP contribution in [0.2, 0.25) is 0 Å². The number of carboxylic acid groups (broad SMARTS) is 1. The molecule has 9 heteroatoms. The summed E-state index contributed by atoms with van der Waals surface area (Å²) in [5.41, 5.74) is 0.785. The lowest BCUT2D eigenvalue weighted by molar-refractivity contribution is -0.139. The van der Waals surface area contributed by atoms with E-state index in [-0.39, 0.29) is 25.4 Å². The zero-order chi connectivity index (χ0) is 20.5. The topological polar surface area (TPSA) is 118 Å². The largest absolute Gasteiger partial charge is 0.480 e. The molecule has 2 rings (SSSR count). The van der Waals surface area contributed by atoms with Crippen molar-refractivity contribution in [3.05, 3.63) is 47.0 Å². The average Bonchev–Trinajstić information content (AvgIpc) is 3.12. The molecule has 0 aliphatic heterocycles. The van der Waals surface area contributed by atoms with Crippen molar-refractivity contribution in [1.82, 2.24) is 10.3 Å². The molecule has 0 bridgehead atoms. The number of hydrogen-bond donors (Lipinski definition) is 3. The number of carbonyl (C=O) groups is 3. The van der Waals surface area contributed by atoms with E-state index in [9.17, 15) is 19.5 Å². The van der Waals surface area contributed by atoms with Crippen LogP contribution in [0, 0.1) is 0 Å². The fourth-order valence-electron chi connectivity index (χ4n) is 2.23. The van der Waals surface area contributed by atoms with Crippen molar-refractivity contribution in [1.29, 1.82) is 0 Å². The maximum atomic E-state index is 12.0. The Bertz CT molecular complexity index is 807. The maximum absolute atomic E-state index is 12.0. The molecule has 0 aliphatic carbocycles. The first-order chi connectivity index (χ1) is 13.3. The van der Waals surface area contributed by atoms with E-state index in [0.717, 1.165) is 10.4 Å². The molecule has 0 radical (unpaired) electrons. The molecule has 0 saturated heterocycles. The smallest absolute Gasteiger partial charge is 0.408 e. The quantitative estimate of drug-likeness (QED) is 0.589. The van der Waals surface area contributed by atoms with Gasteiger partial charge in [0, 0.05) is 17.5 Å². The molecule has 1 aromatic heterocycles. The van der Waals surface area contributed by atoms with Gasteiger partial charge >= 0.3 is 12.1 Å². The van der Waals surface area contributed by atoms with Gasteiger partial charge in [0.2, 0.25) is 5.91 Å². The zero-order valence-corrected chi connectivity index (χ0v) is 16.5. The number of carbonyl (C=O) groups excluding carboxylic acids is 2. The Morgan fingerprint density at radius 3 is 2.54 bits per heavy atom. The molecule has 150 valence electrons. The molecule has 28 heavy (non-hydrogen) atoms. The summed E-state index contributed by atoms with van der Waals surface area (Å²) < 4.78 is 5.01. The Morgan fingerprint density at radius 1 is 1.21 bits per heavy atom. The highest BCUT2D eigenvalue weighted by Crippen LogP contribution is 2.25. The fraction of sp³-hybridized carbons (Fsp3) is 0.368. The second-order valence-electron chi connectivity index (χ2n) is 6.41. The number of nitrogens with one attached hydrogen (secondary N) is 2. The van der Waals surface area contributed by atoms with E-state index in [0.29, 0.717) is 11.0 Å². The van der Waals surface area contributed by atoms with Gasteiger partial charge in [-0.1, -0.05) is 44.2 Å². The number of thiazole rings is 1. The predicted octanol–water partition coefficient (Wildman–Crippen LogP) is 3.36. The lowest BCUT2D eigenvalue weighted by atomic mass is 10.1. The van der Waals surface area contributed by atoms with Crippen molar-refractivity contribution in [2.75, 3.05) is 5.32 Å². The van der Waals surface area contributed by atoms with Crippen molar-refractivity contribution in [2.24, 2.45) is 0 Å². The SMILES string of the molecule is CC(C)c1cnc(NC(=O)CCC(NC(=O)OCc2ccccc2)C(=O)O)s1. The normalized spacial score (nSPS) is 11.7. The minimum Gasteiger partial charge on any atom is -0.480 e. The van der Waals surface area contributed by atoms with Crippen molar-refractivity contribution in [3.63, 3.8) is 0 Å². The van der Waals surface area contributed by atoms with Crippen LogP contribution in [0.15, 0.2) is 36.5 Å². The van der Waals surface area contributed by atoms with E-state index in [2.05, 4.69) is 15.6 Å². The van der Waals surface area contributed by atoms with Crippen LogP contribution in [-0.2, 0) is 20.9 Å². The van der Waals surface area contributed by atoms with Gasteiger partial charge in [-0.25, -0.2) is 14.6 Å². The highest BCUT2D eigenvalue weighted by Gasteiger charge is 2.22. The molecule has 0 saturated carbocycles. The lowest BCUT2D eigenvalue weighted by Gasteiger charge is -2.14. The van der Waals surface area contributed by atoms with Gasteiger partial charge in [-0.3, -0.25) is 4.79 Å². The Hall–Kier alpha value is -2.94. The number of aliphatic carboxylic acids is 1. The third kappa shape index (κ3) is 6.99. The molecular formula is C19H23N3O5S. The number of hydrogen-bond acceptors (Lipinski definition) is 6. The van der Waals surface area contributed by atoms with Gasteiger partial charge < -0.3 is 20.5 Å². The first-order valence-corrected chi connectivity index (χ1v) is 9.62. The minimum absolute atomic E-state index is 0.0295. The standard InChI is InChI=1S/C19H23N3O5S/c1-12(2)15-10-20-18(28-15)22-16(23)9-8-14(17(24)25)21-19(26)27-11-13-6-4-3-5-7-13/h3-7,10,12,14H,8-9,11H2,1-2H3,(H,21,26)(H,24,25)(H,20,22,23). The third-order valence-electron chi connectivity index (χ3n) is 3.80. The summed E-state index contributed by atoms with van der Waals surface area (Å²) >= 11 is 1.38. The molecular weight excluding hydrogens is 382 g/mol. The Labute approximate surface area is 166 Å². The first kappa shape index (κ1) is 21.4. The average molecular weight is 405 g/mol. The van der Waals surface area contributed by atoms with Gasteiger partial charge in [0.15, 0.2) is 5.13 Å². The van der Waals surface area contributed by atoms with Gasteiger partial charge in [-0.15, -0.1) is 11.3 Å². The monoisotopic (exact) mass is 405 g/mol. The summed E-state index contributed by atoms with van der Waals surface area (Å²) in [5, 5.41) is 14.6. The molecule has 8 nitrogen and oxygen atoms in total. The molecule has 1 unspecified atom stereocenters. The minimum atomic E-state index is -1.24. The fourth-order valence-corrected chi connectivity index (χ4v) is 3.07. The lowest BCUT2D eigenvalue weighted by Crippen LogP contribution is -2.41. The molecule has 0 fully saturated rings. The summed E-state index contributed by atoms with van der Waals surface area (Å²) in [5.74, 6) is -1.29. The van der Waals surface area contributed by atoms with Crippen molar-refractivity contribution >= 4 is 34.4 Å². The van der Waals surface area contributed by atoms with Gasteiger partial charge in [0.05, 0.1) is 0 Å². The van der Waals surface area contributed by atoms with Crippen LogP contribution in [0.5, 0.6) is 0 Å². The molecule has 2 amide bonds. The third-order valence-corrected chi connectivity index (χ3v) is 5.02. The second-order valence-corrected chi connectivity index (χ2v) is 7.47. The van der Waals surface area contributed by atoms with Gasteiger partial charge in [-0.2, -0.15) is 0 Å². The highest BCUT2D eigenvalue weighted by molar-refractivity contribution is 7.15. The maximum Gasteiger partial charge on any atom is 0.408 e. The molecule has 0 spiro atoms. The number of anilines is 1. The number of rotatable bonds is 9. The van der Waals surface area contributed by atoms with E-state index in [1.165, 1.54) is 11.3 Å². The van der Waals surface area contributed by atoms with Gasteiger partial charge in [0.1, 0.15) is 12.6 Å². The molecule has 3 N–H and O–H groups in total. The van der Waals surface area contributed by atoms with Crippen LogP contribution in [0.4, 0.5) is 9.93 Å². The predicted molar refractivity (Wildman–Crippen MR) is 105 cm³/mol. The van der Waals surface area contributed by atoms with Gasteiger partial charge in [0.25, 0.3) is 0 Å². The number of carboxylic acids is 1. The zero-order valence-electron chi connectivity index (χ0n) is 15.7. The highest BCUT2D eigenvalue weighted by atomic mass is 32.1. The van der Waals surface area contributed by atoms with Crippen LogP contribution in [-0.4, -0.2) is 34.1 Å². The Balaban J connectivity index is 1.78. The van der Waals surface area contributed by atoms with Crippen molar-refractivity contribution < 1.29 is 24.2 Å². The number of ether oxygens (including phenoxy) is 1.